The molecule has 0 radical (unpaired) electrons. The number of carbonyl (C=O) groups excluding carboxylic acids is 1. The summed E-state index contributed by atoms with van der Waals surface area (Å²) >= 11 is 7.98. The van der Waals surface area contributed by atoms with Gasteiger partial charge in [0.15, 0.2) is 0 Å². The first-order valence-electron chi connectivity index (χ1n) is 4.74. The lowest BCUT2D eigenvalue weighted by atomic mass is 10.1. The normalized spacial score (nSPS) is 10.6. The Morgan fingerprint density at radius 2 is 1.94 bits per heavy atom. The number of hydrogen-bond acceptors (Lipinski definition) is 2. The van der Waals surface area contributed by atoms with Crippen molar-refractivity contribution in [3.8, 4) is 0 Å². The standard InChI is InChI=1S/C12H7Br2FOS/c1-6-2-7(4-8(15)3-6)11(16)10-5-9(13)12(14)17-10/h2-5H,1H3. The second-order valence-corrected chi connectivity index (χ2v) is 6.80. The Hall–Kier alpha value is -0.520. The molecule has 0 spiro atoms. The SMILES string of the molecule is Cc1cc(F)cc(C(=O)c2cc(Br)c(Br)s2)c1. The fraction of sp³-hybridized carbons (Fsp3) is 0.0833. The molecule has 0 aliphatic rings. The summed E-state index contributed by atoms with van der Waals surface area (Å²) in [6.45, 7) is 1.76. The highest BCUT2D eigenvalue weighted by Crippen LogP contribution is 2.33. The molecule has 0 saturated heterocycles. The third-order valence-corrected chi connectivity index (χ3v) is 5.43. The topological polar surface area (TPSA) is 17.1 Å². The van der Waals surface area contributed by atoms with Gasteiger partial charge in [-0.15, -0.1) is 11.3 Å². The summed E-state index contributed by atoms with van der Waals surface area (Å²) in [7, 11) is 0. The smallest absolute Gasteiger partial charge is 0.203 e. The number of rotatable bonds is 2. The molecule has 2 rings (SSSR count). The van der Waals surface area contributed by atoms with Gasteiger partial charge < -0.3 is 0 Å². The maximum atomic E-state index is 13.2. The summed E-state index contributed by atoms with van der Waals surface area (Å²) in [6.07, 6.45) is 0. The molecular formula is C12H7Br2FOS. The molecule has 0 aliphatic heterocycles. The van der Waals surface area contributed by atoms with Crippen LogP contribution >= 0.6 is 43.2 Å². The highest BCUT2D eigenvalue weighted by atomic mass is 79.9. The molecule has 1 heterocycles. The highest BCUT2D eigenvalue weighted by Gasteiger charge is 2.15. The van der Waals surface area contributed by atoms with E-state index in [2.05, 4.69) is 31.9 Å². The van der Waals surface area contributed by atoms with Gasteiger partial charge in [-0.05, 0) is 68.6 Å². The maximum Gasteiger partial charge on any atom is 0.203 e. The van der Waals surface area contributed by atoms with Gasteiger partial charge in [0, 0.05) is 10.0 Å². The minimum Gasteiger partial charge on any atom is -0.288 e. The molecule has 0 bridgehead atoms. The second kappa shape index (κ2) is 5.00. The number of benzene rings is 1. The zero-order valence-corrected chi connectivity index (χ0v) is 12.7. The van der Waals surface area contributed by atoms with Crippen molar-refractivity contribution >= 4 is 49.0 Å². The van der Waals surface area contributed by atoms with Crippen molar-refractivity contribution in [1.29, 1.82) is 0 Å². The Balaban J connectivity index is 2.43. The zero-order chi connectivity index (χ0) is 12.6. The maximum absolute atomic E-state index is 13.2. The third-order valence-electron chi connectivity index (χ3n) is 2.17. The molecule has 0 unspecified atom stereocenters. The average Bonchev–Trinajstić information content (AvgIpc) is 2.57. The van der Waals surface area contributed by atoms with Crippen LogP contribution in [0.15, 0.2) is 32.5 Å². The van der Waals surface area contributed by atoms with Crippen molar-refractivity contribution in [3.05, 3.63) is 54.3 Å². The summed E-state index contributed by atoms with van der Waals surface area (Å²) in [5.41, 5.74) is 1.12. The lowest BCUT2D eigenvalue weighted by Crippen LogP contribution is -1.99. The lowest BCUT2D eigenvalue weighted by molar-refractivity contribution is 0.104. The number of halogens is 3. The van der Waals surface area contributed by atoms with E-state index in [0.29, 0.717) is 10.4 Å². The first-order valence-corrected chi connectivity index (χ1v) is 7.14. The second-order valence-electron chi connectivity index (χ2n) is 3.58. The van der Waals surface area contributed by atoms with Gasteiger partial charge in [-0.25, -0.2) is 4.39 Å². The summed E-state index contributed by atoms with van der Waals surface area (Å²) in [5, 5.41) is 0. The van der Waals surface area contributed by atoms with Crippen molar-refractivity contribution in [1.82, 2.24) is 0 Å². The van der Waals surface area contributed by atoms with Crippen molar-refractivity contribution in [2.45, 2.75) is 6.92 Å². The third kappa shape index (κ3) is 2.84. The Morgan fingerprint density at radius 1 is 1.24 bits per heavy atom. The van der Waals surface area contributed by atoms with Crippen molar-refractivity contribution < 1.29 is 9.18 Å². The summed E-state index contributed by atoms with van der Waals surface area (Å²) in [6, 6.07) is 6.08. The summed E-state index contributed by atoms with van der Waals surface area (Å²) in [4.78, 5) is 12.7. The van der Waals surface area contributed by atoms with Crippen LogP contribution in [-0.2, 0) is 0 Å². The molecule has 1 nitrogen and oxygen atoms in total. The van der Waals surface area contributed by atoms with Crippen LogP contribution in [0.25, 0.3) is 0 Å². The van der Waals surface area contributed by atoms with Crippen LogP contribution in [0, 0.1) is 12.7 Å². The molecule has 1 aromatic carbocycles. The monoisotopic (exact) mass is 376 g/mol. The first kappa shape index (κ1) is 12.9. The van der Waals surface area contributed by atoms with Crippen molar-refractivity contribution in [2.24, 2.45) is 0 Å². The van der Waals surface area contributed by atoms with E-state index in [9.17, 15) is 9.18 Å². The molecule has 1 aromatic heterocycles. The number of ketones is 1. The minimum atomic E-state index is -0.386. The fourth-order valence-corrected chi connectivity index (χ4v) is 3.47. The Morgan fingerprint density at radius 3 is 2.47 bits per heavy atom. The van der Waals surface area contributed by atoms with E-state index in [1.165, 1.54) is 23.5 Å². The van der Waals surface area contributed by atoms with Crippen LogP contribution in [0.4, 0.5) is 4.39 Å². The zero-order valence-electron chi connectivity index (χ0n) is 8.76. The molecule has 2 aromatic rings. The highest BCUT2D eigenvalue weighted by molar-refractivity contribution is 9.13. The molecule has 0 fully saturated rings. The van der Waals surface area contributed by atoms with Gasteiger partial charge in [0.2, 0.25) is 5.78 Å². The van der Waals surface area contributed by atoms with Crippen molar-refractivity contribution in [3.63, 3.8) is 0 Å². The van der Waals surface area contributed by atoms with E-state index < -0.39 is 0 Å². The van der Waals surface area contributed by atoms with E-state index in [1.54, 1.807) is 19.1 Å². The summed E-state index contributed by atoms with van der Waals surface area (Å²) in [5.74, 6) is -0.549. The quantitative estimate of drug-likeness (QED) is 0.676. The van der Waals surface area contributed by atoms with Gasteiger partial charge in [0.1, 0.15) is 5.82 Å². The molecule has 0 aliphatic carbocycles. The van der Waals surface area contributed by atoms with E-state index in [-0.39, 0.29) is 11.6 Å². The number of carbonyl (C=O) groups is 1. The van der Waals surface area contributed by atoms with Crippen LogP contribution in [0.2, 0.25) is 0 Å². The van der Waals surface area contributed by atoms with E-state index >= 15 is 0 Å². The molecule has 0 N–H and O–H groups in total. The Bertz CT molecular complexity index is 552. The molecule has 88 valence electrons. The van der Waals surface area contributed by atoms with Gasteiger partial charge in [-0.3, -0.25) is 4.79 Å². The van der Waals surface area contributed by atoms with Crippen LogP contribution in [0.1, 0.15) is 20.8 Å². The Kier molecular flexibility index (Phi) is 3.80. The molecule has 17 heavy (non-hydrogen) atoms. The number of thiophene rings is 1. The fourth-order valence-electron chi connectivity index (χ4n) is 1.47. The van der Waals surface area contributed by atoms with Gasteiger partial charge in [-0.2, -0.15) is 0 Å². The predicted molar refractivity (Wildman–Crippen MR) is 74.3 cm³/mol. The van der Waals surface area contributed by atoms with Crippen LogP contribution in [0.5, 0.6) is 0 Å². The van der Waals surface area contributed by atoms with E-state index in [1.807, 2.05) is 0 Å². The summed E-state index contributed by atoms with van der Waals surface area (Å²) < 4.78 is 14.9. The van der Waals surface area contributed by atoms with Gasteiger partial charge in [-0.1, -0.05) is 0 Å². The predicted octanol–water partition coefficient (Wildman–Crippen LogP) is 4.95. The van der Waals surface area contributed by atoms with Crippen LogP contribution in [-0.4, -0.2) is 5.78 Å². The molecule has 0 saturated carbocycles. The molecule has 5 heteroatoms. The molecular weight excluding hydrogens is 371 g/mol. The van der Waals surface area contributed by atoms with Gasteiger partial charge in [0.05, 0.1) is 8.66 Å². The average molecular weight is 378 g/mol. The Labute approximate surface area is 119 Å². The number of aryl methyl sites for hydroxylation is 1. The van der Waals surface area contributed by atoms with E-state index in [0.717, 1.165) is 13.8 Å². The van der Waals surface area contributed by atoms with Crippen LogP contribution in [0.3, 0.4) is 0 Å². The van der Waals surface area contributed by atoms with Crippen molar-refractivity contribution in [2.75, 3.05) is 0 Å². The largest absolute Gasteiger partial charge is 0.288 e. The van der Waals surface area contributed by atoms with E-state index in [4.69, 9.17) is 0 Å². The molecule has 0 atom stereocenters. The minimum absolute atomic E-state index is 0.163. The number of hydrogen-bond donors (Lipinski definition) is 0. The van der Waals surface area contributed by atoms with Gasteiger partial charge in [0.25, 0.3) is 0 Å². The first-order chi connectivity index (χ1) is 7.97. The molecule has 0 amide bonds. The van der Waals surface area contributed by atoms with Crippen LogP contribution < -0.4 is 0 Å². The van der Waals surface area contributed by atoms with Gasteiger partial charge >= 0.3 is 0 Å². The lowest BCUT2D eigenvalue weighted by Gasteiger charge is -2.00.